The lowest BCUT2D eigenvalue weighted by Gasteiger charge is -2.24. The largest absolute Gasteiger partial charge is 0.493 e. The number of hydrogen-bond acceptors (Lipinski definition) is 4. The van der Waals surface area contributed by atoms with E-state index in [0.717, 1.165) is 45.8 Å². The van der Waals surface area contributed by atoms with Crippen LogP contribution in [0.1, 0.15) is 16.7 Å². The molecule has 0 unspecified atom stereocenters. The minimum absolute atomic E-state index is 0.710. The molecule has 28 heavy (non-hydrogen) atoms. The Balaban J connectivity index is 2.40. The van der Waals surface area contributed by atoms with Crippen LogP contribution in [0.3, 0.4) is 0 Å². The fourth-order valence-corrected chi connectivity index (χ4v) is 2.91. The third-order valence-corrected chi connectivity index (χ3v) is 4.56. The van der Waals surface area contributed by atoms with Crippen molar-refractivity contribution in [2.75, 3.05) is 56.1 Å². The Hall–Kier alpha value is -2.66. The molecule has 0 N–H and O–H groups in total. The summed E-state index contributed by atoms with van der Waals surface area (Å²) >= 11 is 0. The Morgan fingerprint density at radius 2 is 1.29 bits per heavy atom. The summed E-state index contributed by atoms with van der Waals surface area (Å²) in [6.07, 6.45) is 5.11. The predicted octanol–water partition coefficient (Wildman–Crippen LogP) is 4.14. The Morgan fingerprint density at radius 3 is 1.86 bits per heavy atom. The molecule has 0 radical (unpaired) electrons. The zero-order valence-electron chi connectivity index (χ0n) is 18.0. The summed E-state index contributed by atoms with van der Waals surface area (Å²) in [6.45, 7) is 1.02. The third-order valence-electron chi connectivity index (χ3n) is 4.56. The smallest absolute Gasteiger partial charge is 0.161 e. The van der Waals surface area contributed by atoms with Gasteiger partial charge < -0.3 is 23.4 Å². The third kappa shape index (κ3) is 5.67. The molecule has 0 bridgehead atoms. The Morgan fingerprint density at radius 1 is 0.714 bits per heavy atom. The van der Waals surface area contributed by atoms with Crippen molar-refractivity contribution >= 4 is 12.2 Å². The summed E-state index contributed by atoms with van der Waals surface area (Å²) in [6, 6.07) is 9.97. The average Bonchev–Trinajstić information content (AvgIpc) is 2.69. The monoisotopic (exact) mass is 386 g/mol. The molecule has 5 heteroatoms. The molecule has 0 saturated carbocycles. The van der Waals surface area contributed by atoms with E-state index >= 15 is 0 Å². The first-order valence-corrected chi connectivity index (χ1v) is 9.26. The van der Waals surface area contributed by atoms with Crippen LogP contribution in [0.5, 0.6) is 23.0 Å². The fraction of sp³-hybridized carbons (Fsp3) is 0.391. The first kappa shape index (κ1) is 21.6. The van der Waals surface area contributed by atoms with Gasteiger partial charge in [-0.05, 0) is 41.0 Å². The Bertz CT molecular complexity index is 822. The lowest BCUT2D eigenvalue weighted by molar-refractivity contribution is -0.870. The summed E-state index contributed by atoms with van der Waals surface area (Å²) in [4.78, 5) is 0. The molecule has 0 fully saturated rings. The highest BCUT2D eigenvalue weighted by molar-refractivity contribution is 5.74. The maximum Gasteiger partial charge on any atom is 0.161 e. The molecular formula is C23H32NO4+. The number of ether oxygens (including phenoxy) is 4. The molecule has 0 aliphatic heterocycles. The van der Waals surface area contributed by atoms with E-state index in [4.69, 9.17) is 18.9 Å². The number of likely N-dealkylation sites (N-methyl/N-ethyl adjacent to an activating group) is 1. The average molecular weight is 387 g/mol. The van der Waals surface area contributed by atoms with Crippen LogP contribution in [-0.4, -0.2) is 60.6 Å². The minimum Gasteiger partial charge on any atom is -0.493 e. The van der Waals surface area contributed by atoms with Gasteiger partial charge in [0.25, 0.3) is 0 Å². The van der Waals surface area contributed by atoms with Crippen molar-refractivity contribution in [3.8, 4) is 23.0 Å². The molecule has 2 aromatic rings. The van der Waals surface area contributed by atoms with Crippen LogP contribution in [0.4, 0.5) is 0 Å². The van der Waals surface area contributed by atoms with Crippen LogP contribution < -0.4 is 18.9 Å². The molecule has 0 spiro atoms. The van der Waals surface area contributed by atoms with Crippen molar-refractivity contribution in [3.63, 3.8) is 0 Å². The molecule has 0 atom stereocenters. The van der Waals surface area contributed by atoms with E-state index in [1.54, 1.807) is 28.4 Å². The van der Waals surface area contributed by atoms with Gasteiger partial charge in [-0.2, -0.15) is 0 Å². The van der Waals surface area contributed by atoms with Crippen LogP contribution in [0.25, 0.3) is 12.2 Å². The van der Waals surface area contributed by atoms with Gasteiger partial charge in [-0.1, -0.05) is 18.2 Å². The maximum absolute atomic E-state index is 5.50. The number of benzene rings is 2. The number of rotatable bonds is 9. The summed E-state index contributed by atoms with van der Waals surface area (Å²) in [5.74, 6) is 2.90. The van der Waals surface area contributed by atoms with Crippen molar-refractivity contribution in [1.29, 1.82) is 0 Å². The molecule has 5 nitrogen and oxygen atoms in total. The van der Waals surface area contributed by atoms with Crippen LogP contribution >= 0.6 is 0 Å². The first-order valence-electron chi connectivity index (χ1n) is 9.26. The van der Waals surface area contributed by atoms with E-state index in [2.05, 4.69) is 39.4 Å². The standard InChI is InChI=1S/C23H32NO4/c1-24(2,3)13-12-19-16-23(28-7)22(27-6)15-18(19)10-8-17-9-11-20(25-4)21(14-17)26-5/h8-11,14-16H,12-13H2,1-7H3/q+1. The maximum atomic E-state index is 5.50. The summed E-state index contributed by atoms with van der Waals surface area (Å²) in [7, 11) is 13.2. The zero-order chi connectivity index (χ0) is 20.7. The van der Waals surface area contributed by atoms with Crippen molar-refractivity contribution in [2.45, 2.75) is 6.42 Å². The van der Waals surface area contributed by atoms with E-state index in [1.807, 2.05) is 24.3 Å². The van der Waals surface area contributed by atoms with Crippen LogP contribution in [0.2, 0.25) is 0 Å². The van der Waals surface area contributed by atoms with E-state index in [9.17, 15) is 0 Å². The van der Waals surface area contributed by atoms with Crippen LogP contribution in [-0.2, 0) is 6.42 Å². The van der Waals surface area contributed by atoms with E-state index in [1.165, 1.54) is 5.56 Å². The van der Waals surface area contributed by atoms with Gasteiger partial charge in [-0.25, -0.2) is 0 Å². The van der Waals surface area contributed by atoms with Crippen LogP contribution in [0.15, 0.2) is 30.3 Å². The van der Waals surface area contributed by atoms with Crippen molar-refractivity contribution in [3.05, 3.63) is 47.0 Å². The van der Waals surface area contributed by atoms with Crippen molar-refractivity contribution in [2.24, 2.45) is 0 Å². The summed E-state index contributed by atoms with van der Waals surface area (Å²) in [5, 5.41) is 0. The van der Waals surface area contributed by atoms with E-state index in [-0.39, 0.29) is 0 Å². The highest BCUT2D eigenvalue weighted by atomic mass is 16.5. The Kier molecular flexibility index (Phi) is 7.35. The van der Waals surface area contributed by atoms with Crippen molar-refractivity contribution < 1.29 is 23.4 Å². The molecule has 0 heterocycles. The number of methoxy groups -OCH3 is 4. The first-order chi connectivity index (χ1) is 13.3. The van der Waals surface area contributed by atoms with Gasteiger partial charge in [-0.15, -0.1) is 0 Å². The molecule has 0 saturated heterocycles. The summed E-state index contributed by atoms with van der Waals surface area (Å²) in [5.41, 5.74) is 3.37. The normalized spacial score (nSPS) is 11.5. The topological polar surface area (TPSA) is 36.9 Å². The van der Waals surface area contributed by atoms with Crippen LogP contribution in [0, 0.1) is 0 Å². The lowest BCUT2D eigenvalue weighted by Crippen LogP contribution is -2.36. The van der Waals surface area contributed by atoms with Gasteiger partial charge in [0.1, 0.15) is 0 Å². The van der Waals surface area contributed by atoms with Gasteiger partial charge >= 0.3 is 0 Å². The number of nitrogens with zero attached hydrogens (tertiary/aromatic N) is 1. The summed E-state index contributed by atoms with van der Waals surface area (Å²) < 4.78 is 22.6. The van der Waals surface area contributed by atoms with E-state index in [0.29, 0.717) is 5.75 Å². The molecular weight excluding hydrogens is 354 g/mol. The second-order valence-corrected chi connectivity index (χ2v) is 7.62. The molecule has 152 valence electrons. The SMILES string of the molecule is COc1ccc(C=Cc2cc(OC)c(OC)cc2CC[N+](C)(C)C)cc1OC. The number of quaternary nitrogens is 1. The molecule has 0 aliphatic rings. The minimum atomic E-state index is 0.710. The molecule has 0 amide bonds. The van der Waals surface area contributed by atoms with Gasteiger partial charge in [0.15, 0.2) is 23.0 Å². The van der Waals surface area contributed by atoms with E-state index < -0.39 is 0 Å². The molecule has 2 aromatic carbocycles. The van der Waals surface area contributed by atoms with Gasteiger partial charge in [0.05, 0.1) is 56.1 Å². The van der Waals surface area contributed by atoms with Gasteiger partial charge in [0.2, 0.25) is 0 Å². The highest BCUT2D eigenvalue weighted by Crippen LogP contribution is 2.33. The molecule has 0 aliphatic carbocycles. The fourth-order valence-electron chi connectivity index (χ4n) is 2.91. The Labute approximate surface area is 168 Å². The molecule has 0 aromatic heterocycles. The quantitative estimate of drug-likeness (QED) is 0.479. The predicted molar refractivity (Wildman–Crippen MR) is 115 cm³/mol. The van der Waals surface area contributed by atoms with Crippen molar-refractivity contribution in [1.82, 2.24) is 0 Å². The highest BCUT2D eigenvalue weighted by Gasteiger charge is 2.13. The zero-order valence-corrected chi connectivity index (χ0v) is 18.0. The van der Waals surface area contributed by atoms with Gasteiger partial charge in [0, 0.05) is 6.42 Å². The molecule has 2 rings (SSSR count). The number of hydrogen-bond donors (Lipinski definition) is 0. The van der Waals surface area contributed by atoms with Gasteiger partial charge in [-0.3, -0.25) is 0 Å². The lowest BCUT2D eigenvalue weighted by atomic mass is 10.0. The second kappa shape index (κ2) is 9.51. The second-order valence-electron chi connectivity index (χ2n) is 7.62.